The highest BCUT2D eigenvalue weighted by Crippen LogP contribution is 2.35. The minimum absolute atomic E-state index is 0.0278. The largest absolute Gasteiger partial charge is 0.290 e. The fourth-order valence-corrected chi connectivity index (χ4v) is 3.69. The van der Waals surface area contributed by atoms with Crippen LogP contribution >= 0.6 is 11.6 Å². The molecule has 0 saturated heterocycles. The van der Waals surface area contributed by atoms with Crippen molar-refractivity contribution in [1.29, 1.82) is 0 Å². The lowest BCUT2D eigenvalue weighted by atomic mass is 9.86. The standard InChI is InChI=1S/C24H21ClN2O/c1-16(2)20-9-6-10-21(23(20)17-11-13-18(25)14-12-17)24-22(28)15-27(26-24)19-7-4-3-5-8-19/h3-14,16H,15H2,1-2H3. The maximum Gasteiger partial charge on any atom is 0.205 e. The Balaban J connectivity index is 1.87. The summed E-state index contributed by atoms with van der Waals surface area (Å²) >= 11 is 6.09. The Kier molecular flexibility index (Phi) is 5.01. The Labute approximate surface area is 170 Å². The van der Waals surface area contributed by atoms with Gasteiger partial charge in [-0.25, -0.2) is 0 Å². The first kappa shape index (κ1) is 18.5. The SMILES string of the molecule is CC(C)c1cccc(C2=NN(c3ccccc3)CC2=O)c1-c1ccc(Cl)cc1. The molecule has 0 N–H and O–H groups in total. The average Bonchev–Trinajstić information content (AvgIpc) is 3.10. The van der Waals surface area contributed by atoms with E-state index < -0.39 is 0 Å². The maximum atomic E-state index is 12.9. The van der Waals surface area contributed by atoms with Gasteiger partial charge < -0.3 is 0 Å². The molecule has 1 aliphatic heterocycles. The zero-order valence-corrected chi connectivity index (χ0v) is 16.6. The Morgan fingerprint density at radius 3 is 2.32 bits per heavy atom. The number of carbonyl (C=O) groups is 1. The number of rotatable bonds is 4. The number of hydrogen-bond acceptors (Lipinski definition) is 3. The van der Waals surface area contributed by atoms with Gasteiger partial charge in [0.1, 0.15) is 12.3 Å². The molecular formula is C24H21ClN2O. The maximum absolute atomic E-state index is 12.9. The van der Waals surface area contributed by atoms with E-state index in [1.165, 1.54) is 5.56 Å². The topological polar surface area (TPSA) is 32.7 Å². The highest BCUT2D eigenvalue weighted by Gasteiger charge is 2.29. The van der Waals surface area contributed by atoms with Crippen LogP contribution in [0.4, 0.5) is 5.69 Å². The smallest absolute Gasteiger partial charge is 0.205 e. The van der Waals surface area contributed by atoms with E-state index in [1.807, 2.05) is 66.7 Å². The third kappa shape index (κ3) is 3.46. The van der Waals surface area contributed by atoms with Crippen LogP contribution < -0.4 is 5.01 Å². The lowest BCUT2D eigenvalue weighted by Crippen LogP contribution is -2.19. The first-order valence-electron chi connectivity index (χ1n) is 9.38. The van der Waals surface area contributed by atoms with Gasteiger partial charge in [-0.15, -0.1) is 0 Å². The van der Waals surface area contributed by atoms with Crippen molar-refractivity contribution in [2.24, 2.45) is 5.10 Å². The number of anilines is 1. The molecule has 0 saturated carbocycles. The zero-order chi connectivity index (χ0) is 19.7. The van der Waals surface area contributed by atoms with Crippen LogP contribution in [-0.2, 0) is 4.79 Å². The van der Waals surface area contributed by atoms with Gasteiger partial charge >= 0.3 is 0 Å². The minimum atomic E-state index is 0.0278. The predicted octanol–water partition coefficient (Wildman–Crippen LogP) is 5.92. The van der Waals surface area contributed by atoms with E-state index in [4.69, 9.17) is 11.6 Å². The summed E-state index contributed by atoms with van der Waals surface area (Å²) in [5.41, 5.74) is 5.58. The molecule has 0 amide bonds. The van der Waals surface area contributed by atoms with Crippen molar-refractivity contribution in [2.75, 3.05) is 11.6 Å². The lowest BCUT2D eigenvalue weighted by molar-refractivity contribution is -0.111. The second kappa shape index (κ2) is 7.61. The van der Waals surface area contributed by atoms with Gasteiger partial charge in [-0.05, 0) is 46.9 Å². The number of hydrogen-bond donors (Lipinski definition) is 0. The number of para-hydroxylation sites is 1. The summed E-state index contributed by atoms with van der Waals surface area (Å²) in [5, 5.41) is 7.15. The average molecular weight is 389 g/mol. The minimum Gasteiger partial charge on any atom is -0.290 e. The number of ketones is 1. The lowest BCUT2D eigenvalue weighted by Gasteiger charge is -2.17. The molecule has 3 aromatic rings. The van der Waals surface area contributed by atoms with Crippen LogP contribution in [-0.4, -0.2) is 18.0 Å². The summed E-state index contributed by atoms with van der Waals surface area (Å²) in [6, 6.07) is 23.7. The number of Topliss-reactive ketones (excluding diaryl/α,β-unsaturated/α-hetero) is 1. The summed E-state index contributed by atoms with van der Waals surface area (Å²) < 4.78 is 0. The summed E-state index contributed by atoms with van der Waals surface area (Å²) in [7, 11) is 0. The summed E-state index contributed by atoms with van der Waals surface area (Å²) in [4.78, 5) is 12.9. The van der Waals surface area contributed by atoms with Gasteiger partial charge in [-0.2, -0.15) is 5.10 Å². The number of hydrazone groups is 1. The van der Waals surface area contributed by atoms with Crippen molar-refractivity contribution in [3.63, 3.8) is 0 Å². The monoisotopic (exact) mass is 388 g/mol. The Morgan fingerprint density at radius 2 is 1.64 bits per heavy atom. The predicted molar refractivity (Wildman–Crippen MR) is 116 cm³/mol. The Bertz CT molecular complexity index is 1040. The summed E-state index contributed by atoms with van der Waals surface area (Å²) in [6.45, 7) is 4.57. The van der Waals surface area contributed by atoms with E-state index in [0.717, 1.165) is 22.4 Å². The molecule has 3 aromatic carbocycles. The molecule has 140 valence electrons. The van der Waals surface area contributed by atoms with Gasteiger partial charge in [-0.1, -0.05) is 74.0 Å². The molecule has 28 heavy (non-hydrogen) atoms. The molecular weight excluding hydrogens is 368 g/mol. The Morgan fingerprint density at radius 1 is 0.929 bits per heavy atom. The van der Waals surface area contributed by atoms with Gasteiger partial charge in [0.15, 0.2) is 0 Å². The molecule has 0 fully saturated rings. The van der Waals surface area contributed by atoms with Crippen LogP contribution in [0.2, 0.25) is 5.02 Å². The molecule has 3 nitrogen and oxygen atoms in total. The van der Waals surface area contributed by atoms with Gasteiger partial charge in [0, 0.05) is 10.6 Å². The molecule has 0 unspecified atom stereocenters. The normalized spacial score (nSPS) is 13.9. The van der Waals surface area contributed by atoms with Crippen molar-refractivity contribution < 1.29 is 4.79 Å². The molecule has 4 rings (SSSR count). The molecule has 0 atom stereocenters. The van der Waals surface area contributed by atoms with E-state index in [0.29, 0.717) is 16.7 Å². The van der Waals surface area contributed by atoms with E-state index in [2.05, 4.69) is 25.0 Å². The molecule has 0 radical (unpaired) electrons. The van der Waals surface area contributed by atoms with E-state index in [-0.39, 0.29) is 12.3 Å². The molecule has 0 bridgehead atoms. The quantitative estimate of drug-likeness (QED) is 0.555. The highest BCUT2D eigenvalue weighted by atomic mass is 35.5. The molecule has 0 aromatic heterocycles. The first-order chi connectivity index (χ1) is 13.5. The van der Waals surface area contributed by atoms with Crippen LogP contribution in [0.1, 0.15) is 30.9 Å². The van der Waals surface area contributed by atoms with Gasteiger partial charge in [0.2, 0.25) is 5.78 Å². The van der Waals surface area contributed by atoms with Gasteiger partial charge in [0.25, 0.3) is 0 Å². The fraction of sp³-hybridized carbons (Fsp3) is 0.167. The molecule has 1 heterocycles. The van der Waals surface area contributed by atoms with Crippen LogP contribution in [0.5, 0.6) is 0 Å². The van der Waals surface area contributed by atoms with Crippen LogP contribution in [0.3, 0.4) is 0 Å². The van der Waals surface area contributed by atoms with Crippen molar-refractivity contribution in [1.82, 2.24) is 0 Å². The second-order valence-corrected chi connectivity index (χ2v) is 7.63. The van der Waals surface area contributed by atoms with Crippen LogP contribution in [0.25, 0.3) is 11.1 Å². The van der Waals surface area contributed by atoms with E-state index >= 15 is 0 Å². The Hall–Kier alpha value is -2.91. The number of benzene rings is 3. The molecule has 1 aliphatic rings. The fourth-order valence-electron chi connectivity index (χ4n) is 3.56. The number of carbonyl (C=O) groups excluding carboxylic acids is 1. The molecule has 0 spiro atoms. The van der Waals surface area contributed by atoms with Crippen LogP contribution in [0.15, 0.2) is 77.9 Å². The van der Waals surface area contributed by atoms with Crippen molar-refractivity contribution in [3.8, 4) is 11.1 Å². The number of nitrogens with zero attached hydrogens (tertiary/aromatic N) is 2. The van der Waals surface area contributed by atoms with E-state index in [1.54, 1.807) is 5.01 Å². The first-order valence-corrected chi connectivity index (χ1v) is 9.76. The number of halogens is 1. The summed E-state index contributed by atoms with van der Waals surface area (Å²) in [6.07, 6.45) is 0. The van der Waals surface area contributed by atoms with Crippen LogP contribution in [0, 0.1) is 0 Å². The van der Waals surface area contributed by atoms with Gasteiger partial charge in [0.05, 0.1) is 5.69 Å². The zero-order valence-electron chi connectivity index (χ0n) is 15.9. The van der Waals surface area contributed by atoms with Crippen molar-refractivity contribution in [2.45, 2.75) is 19.8 Å². The second-order valence-electron chi connectivity index (χ2n) is 7.20. The molecule has 4 heteroatoms. The molecule has 0 aliphatic carbocycles. The van der Waals surface area contributed by atoms with Crippen molar-refractivity contribution in [3.05, 3.63) is 88.9 Å². The highest BCUT2D eigenvalue weighted by molar-refractivity contribution is 6.50. The summed E-state index contributed by atoms with van der Waals surface area (Å²) in [5.74, 6) is 0.341. The van der Waals surface area contributed by atoms with Gasteiger partial charge in [-0.3, -0.25) is 9.80 Å². The van der Waals surface area contributed by atoms with E-state index in [9.17, 15) is 4.79 Å². The third-order valence-electron chi connectivity index (χ3n) is 4.94. The van der Waals surface area contributed by atoms with Crippen molar-refractivity contribution >= 4 is 28.8 Å². The third-order valence-corrected chi connectivity index (χ3v) is 5.19.